The first-order valence-corrected chi connectivity index (χ1v) is 8.47. The second kappa shape index (κ2) is 8.90. The fourth-order valence-corrected chi connectivity index (χ4v) is 3.55. The largest absolute Gasteiger partial charge is 0.416 e. The molecule has 0 radical (unpaired) electrons. The van der Waals surface area contributed by atoms with E-state index in [1.54, 1.807) is 6.07 Å². The van der Waals surface area contributed by atoms with Crippen molar-refractivity contribution in [1.82, 2.24) is 5.32 Å². The van der Waals surface area contributed by atoms with E-state index in [1.165, 1.54) is 6.07 Å². The molecule has 1 heterocycles. The van der Waals surface area contributed by atoms with Crippen molar-refractivity contribution in [3.63, 3.8) is 0 Å². The van der Waals surface area contributed by atoms with Gasteiger partial charge < -0.3 is 5.32 Å². The molecule has 0 spiro atoms. The van der Waals surface area contributed by atoms with Crippen molar-refractivity contribution in [2.24, 2.45) is 0 Å². The molecule has 136 valence electrons. The maximum atomic E-state index is 13.4. The van der Waals surface area contributed by atoms with Gasteiger partial charge in [0, 0.05) is 17.5 Å². The van der Waals surface area contributed by atoms with Gasteiger partial charge in [-0.05, 0) is 42.1 Å². The number of halogens is 5. The summed E-state index contributed by atoms with van der Waals surface area (Å²) in [5.41, 5.74) is 0.794. The Morgan fingerprint density at radius 3 is 2.32 bits per heavy atom. The third-order valence-corrected chi connectivity index (χ3v) is 4.67. The van der Waals surface area contributed by atoms with Gasteiger partial charge in [-0.2, -0.15) is 13.2 Å². The first-order chi connectivity index (χ1) is 12.0. The summed E-state index contributed by atoms with van der Waals surface area (Å²) < 4.78 is 46.8. The summed E-state index contributed by atoms with van der Waals surface area (Å²) in [6.45, 7) is 1.39. The maximum Gasteiger partial charge on any atom is 0.416 e. The molecule has 0 aromatic heterocycles. The highest BCUT2D eigenvalue weighted by Crippen LogP contribution is 2.43. The van der Waals surface area contributed by atoms with Gasteiger partial charge in [0.2, 0.25) is 0 Å². The monoisotopic (exact) mass is 391 g/mol. The summed E-state index contributed by atoms with van der Waals surface area (Å²) in [6, 6.07) is 13.9. The van der Waals surface area contributed by atoms with Crippen molar-refractivity contribution in [3.8, 4) is 0 Å². The summed E-state index contributed by atoms with van der Waals surface area (Å²) in [5.74, 6) is -0.153. The fraction of sp³-hybridized carbons (Fsp3) is 0.333. The smallest absolute Gasteiger partial charge is 0.316 e. The second-order valence-corrected chi connectivity index (χ2v) is 6.28. The van der Waals surface area contributed by atoms with Crippen LogP contribution in [0.1, 0.15) is 34.9 Å². The Kier molecular flexibility index (Phi) is 7.14. The molecular formula is C18H18Cl2F3NO. The Morgan fingerprint density at radius 2 is 1.68 bits per heavy atom. The Labute approximate surface area is 154 Å². The van der Waals surface area contributed by atoms with Crippen LogP contribution < -0.4 is 5.32 Å². The number of hydrogen-bond donors (Lipinski definition) is 2. The third-order valence-electron chi connectivity index (χ3n) is 4.43. The van der Waals surface area contributed by atoms with E-state index in [9.17, 15) is 13.2 Å². The maximum absolute atomic E-state index is 13.4. The van der Waals surface area contributed by atoms with E-state index < -0.39 is 11.7 Å². The highest BCUT2D eigenvalue weighted by molar-refractivity contribution is 6.30. The molecular weight excluding hydrogens is 374 g/mol. The fourth-order valence-electron chi connectivity index (χ4n) is 3.38. The molecule has 7 heteroatoms. The first-order valence-electron chi connectivity index (χ1n) is 7.76. The van der Waals surface area contributed by atoms with Crippen LogP contribution in [0.25, 0.3) is 0 Å². The minimum absolute atomic E-state index is 0.0206. The molecule has 0 aliphatic carbocycles. The van der Waals surface area contributed by atoms with Gasteiger partial charge in [-0.25, -0.2) is 0 Å². The van der Waals surface area contributed by atoms with Crippen molar-refractivity contribution in [2.75, 3.05) is 13.1 Å². The average molecular weight is 392 g/mol. The molecule has 0 unspecified atom stereocenters. The van der Waals surface area contributed by atoms with Crippen LogP contribution >= 0.6 is 23.5 Å². The first kappa shape index (κ1) is 20.0. The zero-order valence-electron chi connectivity index (χ0n) is 13.2. The van der Waals surface area contributed by atoms with Crippen molar-refractivity contribution in [1.29, 1.82) is 0 Å². The van der Waals surface area contributed by atoms with Gasteiger partial charge in [-0.1, -0.05) is 48.0 Å². The number of nitrogens with one attached hydrogen (secondary N) is 1. The third kappa shape index (κ3) is 4.88. The van der Waals surface area contributed by atoms with Crippen LogP contribution in [0.3, 0.4) is 0 Å². The van der Waals surface area contributed by atoms with Crippen molar-refractivity contribution >= 4 is 23.5 Å². The molecule has 1 fully saturated rings. The van der Waals surface area contributed by atoms with Gasteiger partial charge >= 0.3 is 6.18 Å². The summed E-state index contributed by atoms with van der Waals surface area (Å²) in [7, 11) is 0. The van der Waals surface area contributed by atoms with Crippen molar-refractivity contribution in [2.45, 2.75) is 24.4 Å². The Hall–Kier alpha value is -1.27. The molecule has 1 saturated heterocycles. The molecule has 2 nitrogen and oxygen atoms in total. The predicted octanol–water partition coefficient (Wildman–Crippen LogP) is 5.35. The van der Waals surface area contributed by atoms with E-state index in [-0.39, 0.29) is 16.9 Å². The highest BCUT2D eigenvalue weighted by Gasteiger charge is 2.38. The lowest BCUT2D eigenvalue weighted by atomic mass is 9.76. The van der Waals surface area contributed by atoms with Crippen LogP contribution in [-0.4, -0.2) is 17.7 Å². The minimum Gasteiger partial charge on any atom is -0.316 e. The number of benzene rings is 2. The Balaban J connectivity index is 0.00000109. The SMILES string of the molecule is FC(F)(F)c1cc(Cl)ccc1[C@@H]1CCNC[C@H]1c1ccccc1.OCl. The molecule has 2 atom stereocenters. The summed E-state index contributed by atoms with van der Waals surface area (Å²) >= 11 is 9.44. The lowest BCUT2D eigenvalue weighted by molar-refractivity contribution is -0.138. The second-order valence-electron chi connectivity index (χ2n) is 5.85. The molecule has 2 N–H and O–H groups in total. The van der Waals surface area contributed by atoms with Crippen LogP contribution in [-0.2, 0) is 6.18 Å². The highest BCUT2D eigenvalue weighted by atomic mass is 35.5. The molecule has 3 rings (SSSR count). The number of piperidine rings is 1. The normalized spacial score (nSPS) is 20.6. The van der Waals surface area contributed by atoms with Gasteiger partial charge in [-0.3, -0.25) is 4.66 Å². The van der Waals surface area contributed by atoms with Gasteiger partial charge in [0.25, 0.3) is 0 Å². The van der Waals surface area contributed by atoms with Gasteiger partial charge in [-0.15, -0.1) is 0 Å². The van der Waals surface area contributed by atoms with Crippen LogP contribution in [0.2, 0.25) is 5.02 Å². The molecule has 2 aromatic rings. The van der Waals surface area contributed by atoms with E-state index in [0.29, 0.717) is 25.1 Å². The molecule has 0 bridgehead atoms. The average Bonchev–Trinajstić information content (AvgIpc) is 2.63. The van der Waals surface area contributed by atoms with E-state index >= 15 is 0 Å². The summed E-state index contributed by atoms with van der Waals surface area (Å²) in [6.07, 6.45) is -3.73. The summed E-state index contributed by atoms with van der Waals surface area (Å²) in [4.78, 5) is 0. The quantitative estimate of drug-likeness (QED) is 0.722. The van der Waals surface area contributed by atoms with E-state index in [1.807, 2.05) is 30.3 Å². The lowest BCUT2D eigenvalue weighted by Crippen LogP contribution is -2.34. The molecule has 1 aliphatic heterocycles. The molecule has 0 amide bonds. The van der Waals surface area contributed by atoms with Crippen LogP contribution in [0.15, 0.2) is 48.5 Å². The predicted molar refractivity (Wildman–Crippen MR) is 93.9 cm³/mol. The Morgan fingerprint density at radius 1 is 1.00 bits per heavy atom. The number of alkyl halides is 3. The van der Waals surface area contributed by atoms with E-state index in [4.69, 9.17) is 16.3 Å². The van der Waals surface area contributed by atoms with Gasteiger partial charge in [0.15, 0.2) is 0 Å². The lowest BCUT2D eigenvalue weighted by Gasteiger charge is -2.34. The van der Waals surface area contributed by atoms with Crippen molar-refractivity contribution < 1.29 is 17.8 Å². The van der Waals surface area contributed by atoms with Gasteiger partial charge in [0.05, 0.1) is 17.4 Å². The van der Waals surface area contributed by atoms with E-state index in [2.05, 4.69) is 17.2 Å². The standard InChI is InChI=1S/C18H17ClF3N.ClHO/c19-13-6-7-15(17(10-13)18(20,21)22)14-8-9-23-11-16(14)12-4-2-1-3-5-12;1-2/h1-7,10,14,16,23H,8-9,11H2;2H/t14-,16-;/m0./s1. The van der Waals surface area contributed by atoms with Crippen LogP contribution in [0.5, 0.6) is 0 Å². The summed E-state index contributed by atoms with van der Waals surface area (Å²) in [5, 5.41) is 3.41. The Bertz CT molecular complexity index is 680. The van der Waals surface area contributed by atoms with E-state index in [0.717, 1.165) is 11.6 Å². The zero-order valence-corrected chi connectivity index (χ0v) is 14.7. The van der Waals surface area contributed by atoms with Crippen LogP contribution in [0.4, 0.5) is 13.2 Å². The zero-order chi connectivity index (χ0) is 18.4. The van der Waals surface area contributed by atoms with Crippen LogP contribution in [0, 0.1) is 0 Å². The minimum atomic E-state index is -4.40. The molecule has 0 saturated carbocycles. The van der Waals surface area contributed by atoms with Crippen molar-refractivity contribution in [3.05, 3.63) is 70.2 Å². The number of rotatable bonds is 2. The topological polar surface area (TPSA) is 32.3 Å². The van der Waals surface area contributed by atoms with Gasteiger partial charge in [0.1, 0.15) is 0 Å². The molecule has 25 heavy (non-hydrogen) atoms. The molecule has 1 aliphatic rings. The number of hydrogen-bond acceptors (Lipinski definition) is 2. The molecule has 2 aromatic carbocycles.